The Morgan fingerprint density at radius 3 is 1.72 bits per heavy atom. The Morgan fingerprint density at radius 1 is 0.750 bits per heavy atom. The molecule has 2 aromatic carbocycles. The van der Waals surface area contributed by atoms with E-state index in [1.165, 1.54) is 22.3 Å². The summed E-state index contributed by atoms with van der Waals surface area (Å²) in [6.45, 7) is 24.4. The summed E-state index contributed by atoms with van der Waals surface area (Å²) < 4.78 is 13.3. The largest absolute Gasteiger partial charge is 0.410 e. The number of carbonyl (C=O) groups is 1. The van der Waals surface area contributed by atoms with E-state index in [0.717, 1.165) is 18.4 Å². The molecule has 0 aliphatic carbocycles. The van der Waals surface area contributed by atoms with E-state index in [1.54, 1.807) is 0 Å². The van der Waals surface area contributed by atoms with Gasteiger partial charge in [-0.25, -0.2) is 0 Å². The van der Waals surface area contributed by atoms with Gasteiger partial charge in [0.15, 0.2) is 5.78 Å². The molecule has 2 radical (unpaired) electrons. The zero-order chi connectivity index (χ0) is 27.3. The van der Waals surface area contributed by atoms with E-state index >= 15 is 0 Å². The minimum absolute atomic E-state index is 0.000299. The first-order chi connectivity index (χ1) is 16.6. The molecule has 0 aliphatic rings. The summed E-state index contributed by atoms with van der Waals surface area (Å²) >= 11 is 0. The highest BCUT2D eigenvalue weighted by atomic mass is 28.3. The van der Waals surface area contributed by atoms with Crippen LogP contribution in [0.15, 0.2) is 42.5 Å². The van der Waals surface area contributed by atoms with Crippen LogP contribution < -0.4 is 0 Å². The van der Waals surface area contributed by atoms with Gasteiger partial charge < -0.3 is 8.85 Å². The van der Waals surface area contributed by atoms with E-state index in [0.29, 0.717) is 6.42 Å². The van der Waals surface area contributed by atoms with Crippen molar-refractivity contribution in [2.24, 2.45) is 10.8 Å². The number of hydrogen-bond donors (Lipinski definition) is 0. The second-order valence-electron chi connectivity index (χ2n) is 12.5. The van der Waals surface area contributed by atoms with E-state index in [9.17, 15) is 4.79 Å². The standard InChI is InChI=1S/C31H48O3Si2/c1-12-27(32)24-15-13-14-22(20-24)16-17-23-18-19-25(28(30(2,3)4)33-35(8)9)26(21-23)29(31(5,6)7)34-36(10)11/h13-15,18-21,28-29H,12,16-17H2,1-11H3. The van der Waals surface area contributed by atoms with Crippen molar-refractivity contribution < 1.29 is 13.6 Å². The predicted octanol–water partition coefficient (Wildman–Crippen LogP) is 8.77. The van der Waals surface area contributed by atoms with Crippen molar-refractivity contribution >= 4 is 23.9 Å². The molecule has 3 nitrogen and oxygen atoms in total. The SMILES string of the molecule is CCC(=O)c1cccc(CCc2ccc(C(O[Si](C)C)C(C)(C)C)c(C(O[Si](C)C)C(C)(C)C)c2)c1. The maximum Gasteiger partial charge on any atom is 0.205 e. The molecule has 0 N–H and O–H groups in total. The molecule has 2 aromatic rings. The van der Waals surface area contributed by atoms with Crippen LogP contribution in [-0.2, 0) is 21.7 Å². The molecule has 2 rings (SSSR count). The van der Waals surface area contributed by atoms with Crippen molar-refractivity contribution in [1.82, 2.24) is 0 Å². The van der Waals surface area contributed by atoms with Crippen molar-refractivity contribution in [3.63, 3.8) is 0 Å². The van der Waals surface area contributed by atoms with Crippen molar-refractivity contribution in [2.75, 3.05) is 0 Å². The zero-order valence-electron chi connectivity index (χ0n) is 24.5. The van der Waals surface area contributed by atoms with Gasteiger partial charge in [0.1, 0.15) is 0 Å². The number of hydrogen-bond acceptors (Lipinski definition) is 3. The minimum Gasteiger partial charge on any atom is -0.410 e. The molecule has 2 unspecified atom stereocenters. The van der Waals surface area contributed by atoms with Gasteiger partial charge in [-0.3, -0.25) is 4.79 Å². The van der Waals surface area contributed by atoms with Crippen molar-refractivity contribution in [3.8, 4) is 0 Å². The van der Waals surface area contributed by atoms with Crippen LogP contribution in [0.25, 0.3) is 0 Å². The first-order valence-corrected chi connectivity index (χ1v) is 18.1. The van der Waals surface area contributed by atoms with E-state index in [-0.39, 0.29) is 28.8 Å². The molecule has 0 bridgehead atoms. The van der Waals surface area contributed by atoms with Crippen LogP contribution in [0.5, 0.6) is 0 Å². The highest BCUT2D eigenvalue weighted by Gasteiger charge is 2.36. The second-order valence-corrected chi connectivity index (χ2v) is 16.6. The van der Waals surface area contributed by atoms with Gasteiger partial charge in [0.2, 0.25) is 18.1 Å². The molecule has 198 valence electrons. The van der Waals surface area contributed by atoms with Crippen molar-refractivity contribution in [2.45, 2.75) is 106 Å². The van der Waals surface area contributed by atoms with Crippen LogP contribution in [0.4, 0.5) is 0 Å². The number of carbonyl (C=O) groups excluding carboxylic acids is 1. The zero-order valence-corrected chi connectivity index (χ0v) is 26.5. The lowest BCUT2D eigenvalue weighted by atomic mass is 9.77. The highest BCUT2D eigenvalue weighted by Crippen LogP contribution is 2.45. The molecule has 0 amide bonds. The molecular formula is C31H48O3Si2. The van der Waals surface area contributed by atoms with Crippen LogP contribution in [0.3, 0.4) is 0 Å². The van der Waals surface area contributed by atoms with Crippen LogP contribution in [0, 0.1) is 10.8 Å². The summed E-state index contributed by atoms with van der Waals surface area (Å²) in [5.74, 6) is 0.200. The highest BCUT2D eigenvalue weighted by molar-refractivity contribution is 6.48. The van der Waals surface area contributed by atoms with Gasteiger partial charge in [0.25, 0.3) is 0 Å². The Kier molecular flexibility index (Phi) is 10.9. The fraction of sp³-hybridized carbons (Fsp3) is 0.581. The second kappa shape index (κ2) is 12.8. The smallest absolute Gasteiger partial charge is 0.205 e. The summed E-state index contributed by atoms with van der Waals surface area (Å²) in [5, 5.41) is 0. The lowest BCUT2D eigenvalue weighted by molar-refractivity contribution is 0.0655. The summed E-state index contributed by atoms with van der Waals surface area (Å²) in [4.78, 5) is 12.2. The number of benzene rings is 2. The number of rotatable bonds is 11. The van der Waals surface area contributed by atoms with Gasteiger partial charge in [0, 0.05) is 12.0 Å². The molecule has 0 spiro atoms. The molecule has 0 heterocycles. The minimum atomic E-state index is -0.911. The Hall–Kier alpha value is -1.54. The van der Waals surface area contributed by atoms with Crippen LogP contribution in [-0.4, -0.2) is 23.9 Å². The fourth-order valence-corrected chi connectivity index (χ4v) is 6.43. The number of ketones is 1. The van der Waals surface area contributed by atoms with Gasteiger partial charge in [-0.05, 0) is 78.2 Å². The predicted molar refractivity (Wildman–Crippen MR) is 156 cm³/mol. The van der Waals surface area contributed by atoms with E-state index in [1.807, 2.05) is 19.1 Å². The van der Waals surface area contributed by atoms with Crippen LogP contribution in [0.1, 0.15) is 99.7 Å². The first kappa shape index (κ1) is 30.7. The lowest BCUT2D eigenvalue weighted by Gasteiger charge is -2.39. The molecule has 0 fully saturated rings. The average Bonchev–Trinajstić information content (AvgIpc) is 2.77. The molecule has 0 saturated carbocycles. The van der Waals surface area contributed by atoms with E-state index < -0.39 is 18.1 Å². The third kappa shape index (κ3) is 8.79. The molecule has 2 atom stereocenters. The Bertz CT molecular complexity index is 1000. The molecule has 0 aliphatic heterocycles. The number of Topliss-reactive ketones (excluding diaryl/α,β-unsaturated/α-hetero) is 1. The van der Waals surface area contributed by atoms with Gasteiger partial charge in [-0.15, -0.1) is 0 Å². The molecule has 0 aromatic heterocycles. The molecule has 5 heteroatoms. The fourth-order valence-electron chi connectivity index (χ4n) is 4.52. The molecule has 0 saturated heterocycles. The third-order valence-corrected chi connectivity index (χ3v) is 7.68. The van der Waals surface area contributed by atoms with Crippen molar-refractivity contribution in [1.29, 1.82) is 0 Å². The molecular weight excluding hydrogens is 477 g/mol. The Morgan fingerprint density at radius 2 is 1.25 bits per heavy atom. The summed E-state index contributed by atoms with van der Waals surface area (Å²) in [6, 6.07) is 15.0. The topological polar surface area (TPSA) is 35.5 Å². The maximum atomic E-state index is 12.2. The van der Waals surface area contributed by atoms with Gasteiger partial charge >= 0.3 is 0 Å². The quantitative estimate of drug-likeness (QED) is 0.218. The summed E-state index contributed by atoms with van der Waals surface area (Å²) in [6.07, 6.45) is 2.37. The van der Waals surface area contributed by atoms with Crippen molar-refractivity contribution in [3.05, 3.63) is 70.3 Å². The number of aryl methyl sites for hydroxylation is 2. The van der Waals surface area contributed by atoms with Crippen LogP contribution in [0.2, 0.25) is 26.2 Å². The molecule has 36 heavy (non-hydrogen) atoms. The van der Waals surface area contributed by atoms with E-state index in [4.69, 9.17) is 8.85 Å². The maximum absolute atomic E-state index is 12.2. The lowest BCUT2D eigenvalue weighted by Crippen LogP contribution is -2.31. The third-order valence-electron chi connectivity index (χ3n) is 6.27. The Labute approximate surface area is 224 Å². The average molecular weight is 525 g/mol. The monoisotopic (exact) mass is 524 g/mol. The van der Waals surface area contributed by atoms with E-state index in [2.05, 4.69) is 98.1 Å². The van der Waals surface area contributed by atoms with Crippen LogP contribution >= 0.6 is 0 Å². The summed E-state index contributed by atoms with van der Waals surface area (Å²) in [5.41, 5.74) is 5.77. The Balaban J connectivity index is 2.53. The van der Waals surface area contributed by atoms with Gasteiger partial charge in [0.05, 0.1) is 12.2 Å². The van der Waals surface area contributed by atoms with Gasteiger partial charge in [-0.2, -0.15) is 0 Å². The normalized spacial score (nSPS) is 14.4. The summed E-state index contributed by atoms with van der Waals surface area (Å²) in [7, 11) is -1.80. The van der Waals surface area contributed by atoms with Gasteiger partial charge in [-0.1, -0.05) is 84.9 Å². The first-order valence-electron chi connectivity index (χ1n) is 13.3.